The molecule has 7 heteroatoms. The second-order valence-electron chi connectivity index (χ2n) is 5.96. The smallest absolute Gasteiger partial charge is 0.214 e. The van der Waals surface area contributed by atoms with Crippen LogP contribution in [0.25, 0.3) is 5.69 Å². The first-order valence-corrected chi connectivity index (χ1v) is 8.43. The van der Waals surface area contributed by atoms with Gasteiger partial charge in [-0.2, -0.15) is 4.68 Å². The van der Waals surface area contributed by atoms with Crippen molar-refractivity contribution in [1.82, 2.24) is 20.2 Å². The van der Waals surface area contributed by atoms with Crippen LogP contribution < -0.4 is 0 Å². The number of aromatic nitrogens is 4. The van der Waals surface area contributed by atoms with Gasteiger partial charge in [-0.1, -0.05) is 23.9 Å². The predicted molar refractivity (Wildman–Crippen MR) is 84.0 cm³/mol. The molecule has 0 saturated heterocycles. The Morgan fingerprint density at radius 1 is 1.41 bits per heavy atom. The molecule has 6 nitrogen and oxygen atoms in total. The monoisotopic (exact) mass is 320 g/mol. The van der Waals surface area contributed by atoms with Crippen molar-refractivity contribution in [3.63, 3.8) is 0 Å². The molecule has 1 saturated carbocycles. The van der Waals surface area contributed by atoms with E-state index in [0.29, 0.717) is 17.3 Å². The van der Waals surface area contributed by atoms with Crippen LogP contribution in [0.15, 0.2) is 29.4 Å². The van der Waals surface area contributed by atoms with Gasteiger partial charge in [-0.25, -0.2) is 0 Å². The summed E-state index contributed by atoms with van der Waals surface area (Å²) in [5, 5.41) is 32.6. The summed E-state index contributed by atoms with van der Waals surface area (Å²) in [4.78, 5) is 0. The number of thioether (sulfide) groups is 1. The molecule has 1 aliphatic carbocycles. The summed E-state index contributed by atoms with van der Waals surface area (Å²) in [5.74, 6) is 0.467. The van der Waals surface area contributed by atoms with E-state index in [1.54, 1.807) is 4.68 Å². The number of aliphatic hydroxyl groups is 2. The number of hydrogen-bond acceptors (Lipinski definition) is 6. The molecule has 1 atom stereocenters. The standard InChI is InChI=1S/C15H20N4O2S/c1-11-4-2-5-12(8-11)19-14(16-17-18-19)22-10-13(20)9-15(21)6-3-7-15/h2,4-5,8,13,20-21H,3,6-7,9-10H2,1H3. The van der Waals surface area contributed by atoms with Gasteiger partial charge in [0.2, 0.25) is 5.16 Å². The van der Waals surface area contributed by atoms with Gasteiger partial charge >= 0.3 is 0 Å². The minimum atomic E-state index is -0.664. The van der Waals surface area contributed by atoms with Gasteiger partial charge in [0.25, 0.3) is 0 Å². The fourth-order valence-corrected chi connectivity index (χ4v) is 3.47. The maximum Gasteiger partial charge on any atom is 0.214 e. The molecular formula is C15H20N4O2S. The van der Waals surface area contributed by atoms with E-state index in [-0.39, 0.29) is 0 Å². The number of rotatable bonds is 6. The summed E-state index contributed by atoms with van der Waals surface area (Å²) in [6.07, 6.45) is 2.48. The summed E-state index contributed by atoms with van der Waals surface area (Å²) in [5.41, 5.74) is 1.37. The molecule has 1 aliphatic rings. The molecule has 2 aromatic rings. The van der Waals surface area contributed by atoms with E-state index < -0.39 is 11.7 Å². The van der Waals surface area contributed by atoms with Gasteiger partial charge in [0.15, 0.2) is 0 Å². The van der Waals surface area contributed by atoms with Crippen LogP contribution in [0, 0.1) is 6.92 Å². The van der Waals surface area contributed by atoms with Gasteiger partial charge in [0.05, 0.1) is 17.4 Å². The number of aryl methyl sites for hydroxylation is 1. The van der Waals surface area contributed by atoms with Crippen molar-refractivity contribution in [3.05, 3.63) is 29.8 Å². The van der Waals surface area contributed by atoms with Crippen LogP contribution in [0.4, 0.5) is 0 Å². The van der Waals surface area contributed by atoms with Gasteiger partial charge in [0.1, 0.15) is 0 Å². The van der Waals surface area contributed by atoms with Crippen molar-refractivity contribution in [2.45, 2.75) is 49.5 Å². The number of hydrogen-bond donors (Lipinski definition) is 2. The Kier molecular flexibility index (Phi) is 4.46. The van der Waals surface area contributed by atoms with Gasteiger partial charge < -0.3 is 10.2 Å². The zero-order valence-electron chi connectivity index (χ0n) is 12.5. The summed E-state index contributed by atoms with van der Waals surface area (Å²) >= 11 is 1.40. The van der Waals surface area contributed by atoms with Crippen LogP contribution in [-0.4, -0.2) is 47.9 Å². The minimum Gasteiger partial charge on any atom is -0.392 e. The van der Waals surface area contributed by atoms with Crippen LogP contribution >= 0.6 is 11.8 Å². The molecule has 118 valence electrons. The number of aliphatic hydroxyl groups excluding tert-OH is 1. The van der Waals surface area contributed by atoms with Crippen molar-refractivity contribution in [1.29, 1.82) is 0 Å². The van der Waals surface area contributed by atoms with Gasteiger partial charge in [-0.05, 0) is 54.3 Å². The molecule has 1 unspecified atom stereocenters. The Morgan fingerprint density at radius 2 is 2.23 bits per heavy atom. The Balaban J connectivity index is 1.63. The second kappa shape index (κ2) is 6.36. The summed E-state index contributed by atoms with van der Waals surface area (Å²) in [6.45, 7) is 2.02. The summed E-state index contributed by atoms with van der Waals surface area (Å²) < 4.78 is 1.67. The molecule has 0 bridgehead atoms. The highest BCUT2D eigenvalue weighted by molar-refractivity contribution is 7.99. The summed E-state index contributed by atoms with van der Waals surface area (Å²) in [7, 11) is 0. The normalized spacial score (nSPS) is 18.0. The fraction of sp³-hybridized carbons (Fsp3) is 0.533. The minimum absolute atomic E-state index is 0.423. The lowest BCUT2D eigenvalue weighted by molar-refractivity contribution is -0.0643. The Hall–Kier alpha value is -1.44. The third-order valence-electron chi connectivity index (χ3n) is 3.99. The highest BCUT2D eigenvalue weighted by Gasteiger charge is 2.36. The third kappa shape index (κ3) is 3.48. The molecule has 1 aromatic carbocycles. The number of tetrazole rings is 1. The zero-order chi connectivity index (χ0) is 15.6. The lowest BCUT2D eigenvalue weighted by Gasteiger charge is -2.38. The molecule has 1 fully saturated rings. The first-order chi connectivity index (χ1) is 10.6. The first kappa shape index (κ1) is 15.5. The van der Waals surface area contributed by atoms with Crippen molar-refractivity contribution in [2.24, 2.45) is 0 Å². The van der Waals surface area contributed by atoms with Gasteiger partial charge in [-0.3, -0.25) is 0 Å². The van der Waals surface area contributed by atoms with Crippen molar-refractivity contribution < 1.29 is 10.2 Å². The average Bonchev–Trinajstić information content (AvgIpc) is 2.92. The van der Waals surface area contributed by atoms with E-state index in [4.69, 9.17) is 0 Å². The van der Waals surface area contributed by atoms with Crippen molar-refractivity contribution in [3.8, 4) is 5.69 Å². The number of nitrogens with zero attached hydrogens (tertiary/aromatic N) is 4. The molecule has 1 aromatic heterocycles. The quantitative estimate of drug-likeness (QED) is 0.789. The Morgan fingerprint density at radius 3 is 2.91 bits per heavy atom. The maximum atomic E-state index is 10.1. The van der Waals surface area contributed by atoms with E-state index >= 15 is 0 Å². The van der Waals surface area contributed by atoms with Crippen molar-refractivity contribution >= 4 is 11.8 Å². The molecule has 3 rings (SSSR count). The lowest BCUT2D eigenvalue weighted by atomic mass is 9.77. The van der Waals surface area contributed by atoms with E-state index in [0.717, 1.165) is 30.5 Å². The van der Waals surface area contributed by atoms with Gasteiger partial charge in [0, 0.05) is 12.2 Å². The molecule has 0 amide bonds. The van der Waals surface area contributed by atoms with Crippen LogP contribution in [0.1, 0.15) is 31.2 Å². The molecule has 0 spiro atoms. The zero-order valence-corrected chi connectivity index (χ0v) is 13.3. The topological polar surface area (TPSA) is 84.1 Å². The third-order valence-corrected chi connectivity index (χ3v) is 5.06. The molecule has 0 radical (unpaired) electrons. The average molecular weight is 320 g/mol. The van der Waals surface area contributed by atoms with Gasteiger partial charge in [-0.15, -0.1) is 5.10 Å². The SMILES string of the molecule is Cc1cccc(-n2nnnc2SCC(O)CC2(O)CCC2)c1. The highest BCUT2D eigenvalue weighted by atomic mass is 32.2. The van der Waals surface area contributed by atoms with E-state index in [1.165, 1.54) is 11.8 Å². The number of benzene rings is 1. The van der Waals surface area contributed by atoms with Crippen molar-refractivity contribution in [2.75, 3.05) is 5.75 Å². The highest BCUT2D eigenvalue weighted by Crippen LogP contribution is 2.36. The molecule has 22 heavy (non-hydrogen) atoms. The first-order valence-electron chi connectivity index (χ1n) is 7.44. The van der Waals surface area contributed by atoms with Crippen LogP contribution in [0.5, 0.6) is 0 Å². The maximum absolute atomic E-state index is 10.1. The van der Waals surface area contributed by atoms with Crippen LogP contribution in [-0.2, 0) is 0 Å². The van der Waals surface area contributed by atoms with E-state index in [2.05, 4.69) is 15.5 Å². The van der Waals surface area contributed by atoms with E-state index in [9.17, 15) is 10.2 Å². The fourth-order valence-electron chi connectivity index (χ4n) is 2.65. The predicted octanol–water partition coefficient (Wildman–Crippen LogP) is 1.73. The second-order valence-corrected chi connectivity index (χ2v) is 6.95. The lowest BCUT2D eigenvalue weighted by Crippen LogP contribution is -2.40. The largest absolute Gasteiger partial charge is 0.392 e. The summed E-state index contributed by atoms with van der Waals surface area (Å²) in [6, 6.07) is 7.93. The molecule has 2 N–H and O–H groups in total. The van der Waals surface area contributed by atoms with Crippen LogP contribution in [0.2, 0.25) is 0 Å². The molecule has 0 aliphatic heterocycles. The molecule has 1 heterocycles. The van der Waals surface area contributed by atoms with Crippen LogP contribution in [0.3, 0.4) is 0 Å². The Labute approximate surface area is 133 Å². The Bertz CT molecular complexity index is 642. The van der Waals surface area contributed by atoms with E-state index in [1.807, 2.05) is 31.2 Å². The molecular weight excluding hydrogens is 300 g/mol.